The fraction of sp³-hybridized carbons (Fsp3) is 0.455. The van der Waals surface area contributed by atoms with E-state index in [1.54, 1.807) is 0 Å². The summed E-state index contributed by atoms with van der Waals surface area (Å²) < 4.78 is 5.51. The highest BCUT2D eigenvalue weighted by atomic mass is 79.9. The first kappa shape index (κ1) is 14.7. The van der Waals surface area contributed by atoms with Crippen molar-refractivity contribution >= 4 is 33.4 Å². The molecule has 1 aliphatic heterocycles. The summed E-state index contributed by atoms with van der Waals surface area (Å²) in [6, 6.07) is 1.28. The number of halogens is 1. The van der Waals surface area contributed by atoms with Gasteiger partial charge in [-0.25, -0.2) is 9.78 Å². The molecule has 0 bridgehead atoms. The largest absolute Gasteiger partial charge is 0.480 e. The molecule has 0 radical (unpaired) electrons. The van der Waals surface area contributed by atoms with Crippen molar-refractivity contribution in [2.24, 2.45) is 0 Å². The van der Waals surface area contributed by atoms with E-state index in [2.05, 4.69) is 26.2 Å². The fourth-order valence-electron chi connectivity index (χ4n) is 1.96. The van der Waals surface area contributed by atoms with Gasteiger partial charge in [0, 0.05) is 32.1 Å². The Morgan fingerprint density at radius 1 is 1.55 bits per heavy atom. The fourth-order valence-corrected chi connectivity index (χ4v) is 2.39. The minimum atomic E-state index is -1.16. The first-order valence-corrected chi connectivity index (χ1v) is 6.63. The second-order valence-electron chi connectivity index (χ2n) is 4.41. The van der Waals surface area contributed by atoms with Gasteiger partial charge in [-0.05, 0) is 15.9 Å². The number of ether oxygens (including phenoxy) is 1. The molecule has 0 aromatic carbocycles. The van der Waals surface area contributed by atoms with Crippen molar-refractivity contribution < 1.29 is 19.6 Å². The number of nitrogens with zero attached hydrogens (tertiary/aromatic N) is 2. The third kappa shape index (κ3) is 2.88. The lowest BCUT2D eigenvalue weighted by Gasteiger charge is -2.34. The normalized spacial score (nSPS) is 17.4. The van der Waals surface area contributed by atoms with Crippen LogP contribution in [0.1, 0.15) is 12.8 Å². The van der Waals surface area contributed by atoms with Gasteiger partial charge >= 0.3 is 5.97 Å². The third-order valence-corrected chi connectivity index (χ3v) is 3.76. The number of carboxylic acids is 1. The van der Waals surface area contributed by atoms with Crippen molar-refractivity contribution in [1.29, 1.82) is 0 Å². The molecule has 0 atom stereocenters. The Balaban J connectivity index is 2.27. The second-order valence-corrected chi connectivity index (χ2v) is 5.26. The highest BCUT2D eigenvalue weighted by molar-refractivity contribution is 9.10. The molecule has 2 rings (SSSR count). The Labute approximate surface area is 122 Å². The van der Waals surface area contributed by atoms with Gasteiger partial charge in [0.25, 0.3) is 5.69 Å². The van der Waals surface area contributed by atoms with Crippen LogP contribution in [0.5, 0.6) is 0 Å². The Morgan fingerprint density at radius 3 is 2.70 bits per heavy atom. The molecule has 1 saturated heterocycles. The van der Waals surface area contributed by atoms with Gasteiger partial charge in [-0.15, -0.1) is 0 Å². The number of anilines is 1. The Morgan fingerprint density at radius 2 is 2.20 bits per heavy atom. The first-order chi connectivity index (χ1) is 9.44. The van der Waals surface area contributed by atoms with Crippen molar-refractivity contribution in [3.05, 3.63) is 26.9 Å². The van der Waals surface area contributed by atoms with Crippen LogP contribution in [0.25, 0.3) is 0 Å². The number of pyridine rings is 1. The molecule has 0 amide bonds. The van der Waals surface area contributed by atoms with Gasteiger partial charge in [0.2, 0.25) is 0 Å². The van der Waals surface area contributed by atoms with E-state index in [4.69, 9.17) is 4.74 Å². The summed E-state index contributed by atoms with van der Waals surface area (Å²) in [5.41, 5.74) is -1.33. The van der Waals surface area contributed by atoms with Crippen LogP contribution in [-0.2, 0) is 9.53 Å². The van der Waals surface area contributed by atoms with Gasteiger partial charge in [-0.2, -0.15) is 0 Å². The molecular weight excluding hydrogens is 334 g/mol. The summed E-state index contributed by atoms with van der Waals surface area (Å²) in [6.07, 6.45) is 1.68. The molecule has 108 valence electrons. The van der Waals surface area contributed by atoms with Crippen LogP contribution in [0, 0.1) is 10.1 Å². The highest BCUT2D eigenvalue weighted by Crippen LogP contribution is 2.31. The molecule has 2 heterocycles. The van der Waals surface area contributed by atoms with E-state index in [9.17, 15) is 20.0 Å². The van der Waals surface area contributed by atoms with Crippen LogP contribution < -0.4 is 5.32 Å². The number of carboxylic acid groups (broad SMARTS) is 1. The number of rotatable bonds is 4. The average molecular weight is 346 g/mol. The summed E-state index contributed by atoms with van der Waals surface area (Å²) in [7, 11) is 0. The topological polar surface area (TPSA) is 115 Å². The van der Waals surface area contributed by atoms with E-state index in [1.165, 1.54) is 6.07 Å². The molecule has 2 N–H and O–H groups in total. The Hall–Kier alpha value is -1.74. The standard InChI is InChI=1S/C11H12BrN3O5/c12-8-5-7(15(18)19)6-13-9(8)14-11(10(16)17)1-3-20-4-2-11/h5-6H,1-4H2,(H,13,14)(H,16,17). The Bertz CT molecular complexity index is 545. The van der Waals surface area contributed by atoms with Crippen molar-refractivity contribution in [3.8, 4) is 0 Å². The van der Waals surface area contributed by atoms with E-state index in [-0.39, 0.29) is 11.5 Å². The zero-order chi connectivity index (χ0) is 14.8. The van der Waals surface area contributed by atoms with E-state index in [1.807, 2.05) is 0 Å². The summed E-state index contributed by atoms with van der Waals surface area (Å²) in [6.45, 7) is 0.674. The predicted molar refractivity (Wildman–Crippen MR) is 72.6 cm³/mol. The maximum Gasteiger partial charge on any atom is 0.329 e. The van der Waals surface area contributed by atoms with E-state index in [0.717, 1.165) is 6.20 Å². The highest BCUT2D eigenvalue weighted by Gasteiger charge is 2.41. The molecule has 0 unspecified atom stereocenters. The second kappa shape index (κ2) is 5.71. The molecule has 0 aliphatic carbocycles. The monoisotopic (exact) mass is 345 g/mol. The van der Waals surface area contributed by atoms with Gasteiger partial charge in [-0.3, -0.25) is 10.1 Å². The minimum Gasteiger partial charge on any atom is -0.480 e. The van der Waals surface area contributed by atoms with Crippen molar-refractivity contribution in [2.45, 2.75) is 18.4 Å². The summed E-state index contributed by atoms with van der Waals surface area (Å²) >= 11 is 3.16. The molecular formula is C11H12BrN3O5. The van der Waals surface area contributed by atoms with Crippen LogP contribution in [0.3, 0.4) is 0 Å². The number of hydrogen-bond acceptors (Lipinski definition) is 6. The lowest BCUT2D eigenvalue weighted by Crippen LogP contribution is -2.50. The van der Waals surface area contributed by atoms with Crippen molar-refractivity contribution in [1.82, 2.24) is 4.98 Å². The maximum absolute atomic E-state index is 11.5. The zero-order valence-corrected chi connectivity index (χ0v) is 11.9. The van der Waals surface area contributed by atoms with Gasteiger partial charge in [-0.1, -0.05) is 0 Å². The van der Waals surface area contributed by atoms with E-state index < -0.39 is 16.4 Å². The lowest BCUT2D eigenvalue weighted by atomic mass is 9.90. The lowest BCUT2D eigenvalue weighted by molar-refractivity contribution is -0.385. The average Bonchev–Trinajstić information content (AvgIpc) is 2.41. The van der Waals surface area contributed by atoms with Crippen LogP contribution in [0.4, 0.5) is 11.5 Å². The summed E-state index contributed by atoms with van der Waals surface area (Å²) in [5.74, 6) is -0.729. The number of nitrogens with one attached hydrogen (secondary N) is 1. The predicted octanol–water partition coefficient (Wildman–Crippen LogP) is 1.80. The van der Waals surface area contributed by atoms with E-state index >= 15 is 0 Å². The summed E-state index contributed by atoms with van der Waals surface area (Å²) in [4.78, 5) is 25.5. The van der Waals surface area contributed by atoms with Crippen LogP contribution in [0.2, 0.25) is 0 Å². The number of hydrogen-bond donors (Lipinski definition) is 2. The third-order valence-electron chi connectivity index (χ3n) is 3.15. The zero-order valence-electron chi connectivity index (χ0n) is 10.3. The number of aromatic nitrogens is 1. The van der Waals surface area contributed by atoms with Gasteiger partial charge in [0.05, 0.1) is 9.40 Å². The van der Waals surface area contributed by atoms with Gasteiger partial charge < -0.3 is 15.2 Å². The quantitative estimate of drug-likeness (QED) is 0.631. The molecule has 1 aromatic heterocycles. The molecule has 20 heavy (non-hydrogen) atoms. The van der Waals surface area contributed by atoms with Crippen LogP contribution >= 0.6 is 15.9 Å². The van der Waals surface area contributed by atoms with Gasteiger partial charge in [0.15, 0.2) is 0 Å². The molecule has 8 nitrogen and oxygen atoms in total. The summed E-state index contributed by atoms with van der Waals surface area (Å²) in [5, 5.41) is 22.9. The van der Waals surface area contributed by atoms with Gasteiger partial charge in [0.1, 0.15) is 17.6 Å². The number of nitro groups is 1. The number of carbonyl (C=O) groups is 1. The maximum atomic E-state index is 11.5. The smallest absolute Gasteiger partial charge is 0.329 e. The molecule has 0 saturated carbocycles. The molecule has 0 spiro atoms. The molecule has 1 fully saturated rings. The molecule has 9 heteroatoms. The first-order valence-electron chi connectivity index (χ1n) is 5.84. The van der Waals surface area contributed by atoms with E-state index in [0.29, 0.717) is 30.5 Å². The minimum absolute atomic E-state index is 0.168. The van der Waals surface area contributed by atoms with Crippen LogP contribution in [0.15, 0.2) is 16.7 Å². The SMILES string of the molecule is O=C(O)C1(Nc2ncc([N+](=O)[O-])cc2Br)CCOCC1. The van der Waals surface area contributed by atoms with Crippen molar-refractivity contribution in [3.63, 3.8) is 0 Å². The Kier molecular flexibility index (Phi) is 4.19. The number of aliphatic carboxylic acids is 1. The molecule has 1 aromatic rings. The van der Waals surface area contributed by atoms with Crippen LogP contribution in [-0.4, -0.2) is 39.7 Å². The molecule has 1 aliphatic rings. The van der Waals surface area contributed by atoms with Crippen molar-refractivity contribution in [2.75, 3.05) is 18.5 Å².